The van der Waals surface area contributed by atoms with Crippen LogP contribution < -0.4 is 113 Å². The SMILES string of the molecule is [K+].[K+].[O-]OOOOOOOOOOOOOO[O-]. The summed E-state index contributed by atoms with van der Waals surface area (Å²) in [5, 5.41) is 63.0. The smallest absolute Gasteiger partial charge is 0.689 e. The number of rotatable bonds is 13. The van der Waals surface area contributed by atoms with Crippen LogP contribution >= 0.6 is 0 Å². The second-order valence-electron chi connectivity index (χ2n) is 0.953. The first-order valence-corrected chi connectivity index (χ1v) is 2.50. The van der Waals surface area contributed by atoms with Gasteiger partial charge in [0.15, 0.2) is 0 Å². The van der Waals surface area contributed by atoms with Gasteiger partial charge in [0.1, 0.15) is 0 Å². The zero-order valence-corrected chi connectivity index (χ0v) is 14.8. The van der Waals surface area contributed by atoms with Crippen LogP contribution in [-0.2, 0) is 70.5 Å². The zero-order chi connectivity index (χ0) is 11.9. The van der Waals surface area contributed by atoms with E-state index in [0.29, 0.717) is 0 Å². The summed E-state index contributed by atoms with van der Waals surface area (Å²) in [6.07, 6.45) is 0. The summed E-state index contributed by atoms with van der Waals surface area (Å²) in [5.74, 6) is 0. The second kappa shape index (κ2) is 24.6. The first-order chi connectivity index (χ1) is 7.91. The van der Waals surface area contributed by atoms with E-state index in [2.05, 4.69) is 70.5 Å². The van der Waals surface area contributed by atoms with E-state index in [0.717, 1.165) is 0 Å². The van der Waals surface area contributed by atoms with Crippen LogP contribution in [0, 0.1) is 0 Å². The molecule has 18 heteroatoms. The average molecular weight is 334 g/mol. The van der Waals surface area contributed by atoms with E-state index in [1.54, 1.807) is 0 Å². The third-order valence-corrected chi connectivity index (χ3v) is 0.361. The zero-order valence-electron chi connectivity index (χ0n) is 8.53. The summed E-state index contributed by atoms with van der Waals surface area (Å²) in [6.45, 7) is 0. The molecule has 0 rings (SSSR count). The Kier molecular flexibility index (Phi) is 35.0. The molecule has 0 fully saturated rings. The van der Waals surface area contributed by atoms with E-state index in [4.69, 9.17) is 10.5 Å². The molecule has 0 aliphatic carbocycles. The molecule has 0 amide bonds. The van der Waals surface area contributed by atoms with Crippen molar-refractivity contribution in [2.24, 2.45) is 0 Å². The normalized spacial score (nSPS) is 9.67. The van der Waals surface area contributed by atoms with Crippen LogP contribution in [0.4, 0.5) is 0 Å². The molecule has 98 valence electrons. The third kappa shape index (κ3) is 23.7. The molecule has 0 bridgehead atoms. The summed E-state index contributed by atoms with van der Waals surface area (Å²) in [4.78, 5) is 0. The first-order valence-electron chi connectivity index (χ1n) is 2.50. The molecule has 0 aromatic carbocycles. The van der Waals surface area contributed by atoms with Crippen molar-refractivity contribution in [1.29, 1.82) is 0 Å². The van der Waals surface area contributed by atoms with E-state index >= 15 is 0 Å². The predicted molar refractivity (Wildman–Crippen MR) is 15.2 cm³/mol. The second-order valence-corrected chi connectivity index (χ2v) is 0.953. The van der Waals surface area contributed by atoms with E-state index in [1.807, 2.05) is 0 Å². The van der Waals surface area contributed by atoms with Crippen LogP contribution in [0.2, 0.25) is 0 Å². The Morgan fingerprint density at radius 3 is 0.667 bits per heavy atom. The molecule has 0 heterocycles. The van der Waals surface area contributed by atoms with Crippen molar-refractivity contribution in [3.05, 3.63) is 0 Å². The van der Waals surface area contributed by atoms with Crippen LogP contribution in [-0.4, -0.2) is 0 Å². The van der Waals surface area contributed by atoms with Crippen LogP contribution in [0.1, 0.15) is 0 Å². The van der Waals surface area contributed by atoms with Gasteiger partial charge in [0.2, 0.25) is 0 Å². The minimum atomic E-state index is 0. The summed E-state index contributed by atoms with van der Waals surface area (Å²) in [5.41, 5.74) is 0. The van der Waals surface area contributed by atoms with E-state index in [-0.39, 0.29) is 103 Å². The van der Waals surface area contributed by atoms with Crippen LogP contribution in [0.5, 0.6) is 0 Å². The molecule has 0 aliphatic heterocycles. The first kappa shape index (κ1) is 25.6. The standard InChI is InChI=1S/2K.H2O16/c;;1-3-5-7-9-11-13-15-16-14-12-10-8-6-4-2/h;;1-2H/q2*+1;/p-2. The van der Waals surface area contributed by atoms with Crippen molar-refractivity contribution in [3.63, 3.8) is 0 Å². The van der Waals surface area contributed by atoms with Crippen molar-refractivity contribution >= 4 is 0 Å². The molecule has 0 atom stereocenters. The molecule has 0 radical (unpaired) electrons. The van der Waals surface area contributed by atoms with E-state index < -0.39 is 0 Å². The largest absolute Gasteiger partial charge is 1.00 e. The molecule has 0 saturated heterocycles. The summed E-state index contributed by atoms with van der Waals surface area (Å²) < 4.78 is 0. The van der Waals surface area contributed by atoms with E-state index in [9.17, 15) is 0 Å². The van der Waals surface area contributed by atoms with Gasteiger partial charge in [-0.05, 0) is 60.5 Å². The minimum absolute atomic E-state index is 0. The van der Waals surface area contributed by atoms with Gasteiger partial charge in [0.05, 0.1) is 0 Å². The van der Waals surface area contributed by atoms with Crippen molar-refractivity contribution < 1.29 is 184 Å². The van der Waals surface area contributed by atoms with Gasteiger partial charge in [-0.25, -0.2) is 0 Å². The maximum absolute atomic E-state index is 9.03. The Morgan fingerprint density at radius 2 is 0.500 bits per heavy atom. The minimum Gasteiger partial charge on any atom is -0.689 e. The Bertz CT molecular complexity index is 102. The van der Waals surface area contributed by atoms with Gasteiger partial charge < -0.3 is 10.5 Å². The molecule has 0 aromatic rings. The molecule has 16 nitrogen and oxygen atoms in total. The Balaban J connectivity index is -0.00000112. The van der Waals surface area contributed by atoms with Gasteiger partial charge in [-0.15, -0.1) is 0 Å². The van der Waals surface area contributed by atoms with Crippen molar-refractivity contribution in [3.8, 4) is 0 Å². The van der Waals surface area contributed by atoms with Crippen LogP contribution in [0.25, 0.3) is 0 Å². The van der Waals surface area contributed by atoms with Gasteiger partial charge in [-0.2, -0.15) is 0 Å². The summed E-state index contributed by atoms with van der Waals surface area (Å²) in [7, 11) is 0. The van der Waals surface area contributed by atoms with Gasteiger partial charge >= 0.3 is 103 Å². The van der Waals surface area contributed by atoms with Crippen molar-refractivity contribution in [1.82, 2.24) is 0 Å². The fraction of sp³-hybridized carbons (Fsp3) is 0. The average Bonchev–Trinajstić information content (AvgIpc) is 2.31. The van der Waals surface area contributed by atoms with Crippen LogP contribution in [0.3, 0.4) is 0 Å². The van der Waals surface area contributed by atoms with Gasteiger partial charge in [0, 0.05) is 0 Å². The quantitative estimate of drug-likeness (QED) is 0.134. The molecule has 0 unspecified atom stereocenters. The number of hydrogen-bond acceptors (Lipinski definition) is 16. The topological polar surface area (TPSA) is 175 Å². The molecule has 18 heavy (non-hydrogen) atoms. The predicted octanol–water partition coefficient (Wildman–Crippen LogP) is -9.33. The van der Waals surface area contributed by atoms with Gasteiger partial charge in [0.25, 0.3) is 0 Å². The maximum Gasteiger partial charge on any atom is 1.00 e. The maximum atomic E-state index is 9.03. The molecular weight excluding hydrogens is 334 g/mol. The molecule has 0 aliphatic rings. The van der Waals surface area contributed by atoms with Crippen molar-refractivity contribution in [2.45, 2.75) is 0 Å². The Labute approximate surface area is 180 Å². The monoisotopic (exact) mass is 334 g/mol. The summed E-state index contributed by atoms with van der Waals surface area (Å²) >= 11 is 0. The Hall–Kier alpha value is 2.63. The third-order valence-electron chi connectivity index (χ3n) is 0.361. The molecular formula is K2O16. The molecule has 0 N–H and O–H groups in total. The summed E-state index contributed by atoms with van der Waals surface area (Å²) in [6, 6.07) is 0. The van der Waals surface area contributed by atoms with E-state index in [1.165, 1.54) is 0 Å². The Morgan fingerprint density at radius 1 is 0.333 bits per heavy atom. The fourth-order valence-corrected chi connectivity index (χ4v) is 0.136. The molecule has 0 aromatic heterocycles. The molecule has 0 saturated carbocycles. The number of hydrogen-bond donors (Lipinski definition) is 0. The van der Waals surface area contributed by atoms with Crippen LogP contribution in [0.15, 0.2) is 0 Å². The van der Waals surface area contributed by atoms with Gasteiger partial charge in [-0.3, -0.25) is 10.1 Å². The van der Waals surface area contributed by atoms with Gasteiger partial charge in [-0.1, -0.05) is 0 Å². The fourth-order valence-electron chi connectivity index (χ4n) is 0.136. The molecule has 0 spiro atoms. The van der Waals surface area contributed by atoms with Crippen molar-refractivity contribution in [2.75, 3.05) is 0 Å².